The number of piperazine rings is 1. The SMILES string of the molecule is C[C@@H]1Cc2c(C(=O)N3CCN(C)CC3)n[nH]c2[C@H](C)O1. The third kappa shape index (κ3) is 2.33. The summed E-state index contributed by atoms with van der Waals surface area (Å²) in [7, 11) is 2.08. The molecule has 0 spiro atoms. The van der Waals surface area contributed by atoms with Crippen molar-refractivity contribution in [3.63, 3.8) is 0 Å². The van der Waals surface area contributed by atoms with Gasteiger partial charge in [-0.2, -0.15) is 5.10 Å². The zero-order chi connectivity index (χ0) is 14.3. The Bertz CT molecular complexity index is 505. The van der Waals surface area contributed by atoms with E-state index in [0.717, 1.165) is 43.9 Å². The number of hydrogen-bond acceptors (Lipinski definition) is 4. The zero-order valence-electron chi connectivity index (χ0n) is 12.3. The molecule has 2 aliphatic rings. The second-order valence-electron chi connectivity index (χ2n) is 5.85. The minimum atomic E-state index is -0.0183. The predicted octanol–water partition coefficient (Wildman–Crippen LogP) is 0.819. The van der Waals surface area contributed by atoms with E-state index in [1.54, 1.807) is 0 Å². The summed E-state index contributed by atoms with van der Waals surface area (Å²) in [5.41, 5.74) is 2.59. The number of hydrogen-bond donors (Lipinski definition) is 1. The second kappa shape index (κ2) is 5.18. The second-order valence-corrected chi connectivity index (χ2v) is 5.85. The molecule has 1 aromatic heterocycles. The van der Waals surface area contributed by atoms with E-state index < -0.39 is 0 Å². The van der Waals surface area contributed by atoms with Crippen LogP contribution in [0, 0.1) is 0 Å². The van der Waals surface area contributed by atoms with E-state index in [2.05, 4.69) is 22.1 Å². The van der Waals surface area contributed by atoms with Gasteiger partial charge in [0.25, 0.3) is 5.91 Å². The van der Waals surface area contributed by atoms with Crippen molar-refractivity contribution in [2.75, 3.05) is 33.2 Å². The number of rotatable bonds is 1. The lowest BCUT2D eigenvalue weighted by Crippen LogP contribution is -2.47. The quantitative estimate of drug-likeness (QED) is 0.826. The van der Waals surface area contributed by atoms with Crippen LogP contribution in [0.2, 0.25) is 0 Å². The van der Waals surface area contributed by atoms with Crippen LogP contribution in [0.5, 0.6) is 0 Å². The summed E-state index contributed by atoms with van der Waals surface area (Å²) < 4.78 is 5.76. The largest absolute Gasteiger partial charge is 0.369 e. The van der Waals surface area contributed by atoms with Crippen LogP contribution in [-0.2, 0) is 11.2 Å². The molecule has 2 atom stereocenters. The predicted molar refractivity (Wildman–Crippen MR) is 74.7 cm³/mol. The molecule has 0 radical (unpaired) electrons. The Morgan fingerprint density at radius 1 is 1.30 bits per heavy atom. The molecule has 0 saturated carbocycles. The smallest absolute Gasteiger partial charge is 0.274 e. The first-order valence-corrected chi connectivity index (χ1v) is 7.26. The highest BCUT2D eigenvalue weighted by atomic mass is 16.5. The zero-order valence-corrected chi connectivity index (χ0v) is 12.3. The maximum Gasteiger partial charge on any atom is 0.274 e. The van der Waals surface area contributed by atoms with E-state index in [0.29, 0.717) is 5.69 Å². The van der Waals surface area contributed by atoms with Gasteiger partial charge in [0, 0.05) is 38.2 Å². The van der Waals surface area contributed by atoms with Crippen molar-refractivity contribution in [3.05, 3.63) is 17.0 Å². The molecule has 1 fully saturated rings. The lowest BCUT2D eigenvalue weighted by atomic mass is 9.99. The maximum atomic E-state index is 12.6. The number of aromatic amines is 1. The molecule has 0 bridgehead atoms. The van der Waals surface area contributed by atoms with Gasteiger partial charge in [-0.3, -0.25) is 9.89 Å². The fourth-order valence-corrected chi connectivity index (χ4v) is 3.01. The van der Waals surface area contributed by atoms with Crippen molar-refractivity contribution < 1.29 is 9.53 Å². The monoisotopic (exact) mass is 278 g/mol. The molecule has 1 aromatic rings. The van der Waals surface area contributed by atoms with E-state index in [1.807, 2.05) is 18.7 Å². The van der Waals surface area contributed by atoms with Crippen LogP contribution >= 0.6 is 0 Å². The van der Waals surface area contributed by atoms with Crippen LogP contribution in [0.25, 0.3) is 0 Å². The fourth-order valence-electron chi connectivity index (χ4n) is 3.01. The van der Waals surface area contributed by atoms with Crippen molar-refractivity contribution in [2.24, 2.45) is 0 Å². The minimum absolute atomic E-state index is 0.0183. The standard InChI is InChI=1S/C14H22N4O2/c1-9-8-11-12(10(2)20-9)15-16-13(11)14(19)18-6-4-17(3)5-7-18/h9-10H,4-8H2,1-3H3,(H,15,16)/t9-,10+/m1/s1. The van der Waals surface area contributed by atoms with Gasteiger partial charge < -0.3 is 14.5 Å². The third-order valence-corrected chi connectivity index (χ3v) is 4.23. The number of carbonyl (C=O) groups is 1. The number of fused-ring (bicyclic) bond motifs is 1. The molecule has 6 nitrogen and oxygen atoms in total. The Morgan fingerprint density at radius 2 is 2.00 bits per heavy atom. The lowest BCUT2D eigenvalue weighted by Gasteiger charge is -2.32. The van der Waals surface area contributed by atoms with Gasteiger partial charge in [-0.15, -0.1) is 0 Å². The van der Waals surface area contributed by atoms with E-state index in [-0.39, 0.29) is 18.1 Å². The Hall–Kier alpha value is -1.40. The van der Waals surface area contributed by atoms with Crippen LogP contribution in [0.1, 0.15) is 41.7 Å². The summed E-state index contributed by atoms with van der Waals surface area (Å²) in [6.45, 7) is 7.44. The average molecular weight is 278 g/mol. The fraction of sp³-hybridized carbons (Fsp3) is 0.714. The summed E-state index contributed by atoms with van der Waals surface area (Å²) >= 11 is 0. The van der Waals surface area contributed by atoms with Gasteiger partial charge in [0.1, 0.15) is 0 Å². The van der Waals surface area contributed by atoms with Gasteiger partial charge in [0.2, 0.25) is 0 Å². The molecule has 110 valence electrons. The summed E-state index contributed by atoms with van der Waals surface area (Å²) in [5, 5.41) is 7.26. The highest BCUT2D eigenvalue weighted by Gasteiger charge is 2.31. The van der Waals surface area contributed by atoms with Gasteiger partial charge in [-0.1, -0.05) is 0 Å². The van der Waals surface area contributed by atoms with Gasteiger partial charge >= 0.3 is 0 Å². The lowest BCUT2D eigenvalue weighted by molar-refractivity contribution is -0.00703. The Kier molecular flexibility index (Phi) is 3.52. The van der Waals surface area contributed by atoms with Gasteiger partial charge in [0.15, 0.2) is 5.69 Å². The molecule has 6 heteroatoms. The molecule has 3 rings (SSSR count). The first-order valence-electron chi connectivity index (χ1n) is 7.26. The summed E-state index contributed by atoms with van der Waals surface area (Å²) in [5.74, 6) is 0.0527. The molecule has 20 heavy (non-hydrogen) atoms. The summed E-state index contributed by atoms with van der Waals surface area (Å²) in [6, 6.07) is 0. The number of amides is 1. The van der Waals surface area contributed by atoms with E-state index in [1.165, 1.54) is 0 Å². The molecular formula is C14H22N4O2. The topological polar surface area (TPSA) is 61.5 Å². The third-order valence-electron chi connectivity index (χ3n) is 4.23. The number of aromatic nitrogens is 2. The number of nitrogens with one attached hydrogen (secondary N) is 1. The number of likely N-dealkylation sites (N-methyl/N-ethyl adjacent to an activating group) is 1. The normalized spacial score (nSPS) is 27.4. The van der Waals surface area contributed by atoms with Crippen LogP contribution in [0.3, 0.4) is 0 Å². The highest BCUT2D eigenvalue weighted by molar-refractivity contribution is 5.94. The first-order chi connectivity index (χ1) is 9.56. The molecule has 0 aliphatic carbocycles. The molecule has 2 aliphatic heterocycles. The van der Waals surface area contributed by atoms with Crippen molar-refractivity contribution in [2.45, 2.75) is 32.5 Å². The van der Waals surface area contributed by atoms with Crippen molar-refractivity contribution in [1.29, 1.82) is 0 Å². The van der Waals surface area contributed by atoms with Crippen molar-refractivity contribution >= 4 is 5.91 Å². The van der Waals surface area contributed by atoms with E-state index in [4.69, 9.17) is 4.74 Å². The number of carbonyl (C=O) groups excluding carboxylic acids is 1. The number of ether oxygens (including phenoxy) is 1. The summed E-state index contributed by atoms with van der Waals surface area (Å²) in [6.07, 6.45) is 0.870. The number of nitrogens with zero attached hydrogens (tertiary/aromatic N) is 3. The van der Waals surface area contributed by atoms with Crippen LogP contribution in [0.4, 0.5) is 0 Å². The molecule has 1 N–H and O–H groups in total. The average Bonchev–Trinajstić information content (AvgIpc) is 2.82. The van der Waals surface area contributed by atoms with Crippen LogP contribution < -0.4 is 0 Å². The molecular weight excluding hydrogens is 256 g/mol. The summed E-state index contributed by atoms with van der Waals surface area (Å²) in [4.78, 5) is 16.8. The van der Waals surface area contributed by atoms with Gasteiger partial charge in [0.05, 0.1) is 17.9 Å². The number of H-pyrrole nitrogens is 1. The van der Waals surface area contributed by atoms with Crippen LogP contribution in [0.15, 0.2) is 0 Å². The Labute approximate surface area is 119 Å². The highest BCUT2D eigenvalue weighted by Crippen LogP contribution is 2.30. The molecule has 0 aromatic carbocycles. The Morgan fingerprint density at radius 3 is 2.70 bits per heavy atom. The van der Waals surface area contributed by atoms with E-state index >= 15 is 0 Å². The van der Waals surface area contributed by atoms with Crippen molar-refractivity contribution in [3.8, 4) is 0 Å². The Balaban J connectivity index is 1.82. The first kappa shape index (κ1) is 13.6. The van der Waals surface area contributed by atoms with Crippen molar-refractivity contribution in [1.82, 2.24) is 20.0 Å². The maximum absolute atomic E-state index is 12.6. The molecule has 0 unspecified atom stereocenters. The molecule has 1 amide bonds. The van der Waals surface area contributed by atoms with Gasteiger partial charge in [-0.05, 0) is 20.9 Å². The molecule has 1 saturated heterocycles. The minimum Gasteiger partial charge on any atom is -0.369 e. The van der Waals surface area contributed by atoms with E-state index in [9.17, 15) is 4.79 Å². The molecule has 3 heterocycles. The van der Waals surface area contributed by atoms with Gasteiger partial charge in [-0.25, -0.2) is 0 Å². The van der Waals surface area contributed by atoms with Crippen LogP contribution in [-0.4, -0.2) is 65.2 Å².